The van der Waals surface area contributed by atoms with E-state index in [9.17, 15) is 9.90 Å². The smallest absolute Gasteiger partial charge is 0.273 e. The molecule has 0 fully saturated rings. The molecule has 3 N–H and O–H groups in total. The summed E-state index contributed by atoms with van der Waals surface area (Å²) >= 11 is 12.2. The van der Waals surface area contributed by atoms with Crippen LogP contribution in [-0.4, -0.2) is 21.0 Å². The molecule has 104 valence electrons. The van der Waals surface area contributed by atoms with Crippen molar-refractivity contribution < 1.29 is 9.90 Å². The monoisotopic (exact) mass is 420 g/mol. The van der Waals surface area contributed by atoms with E-state index < -0.39 is 5.91 Å². The van der Waals surface area contributed by atoms with E-state index in [0.717, 1.165) is 0 Å². The van der Waals surface area contributed by atoms with Gasteiger partial charge in [0.1, 0.15) is 5.75 Å². The summed E-state index contributed by atoms with van der Waals surface area (Å²) in [5.41, 5.74) is 4.91. The number of aromatic nitrogens is 2. The Kier molecular flexibility index (Phi) is 4.79. The molecule has 20 heavy (non-hydrogen) atoms. The van der Waals surface area contributed by atoms with Gasteiger partial charge in [-0.25, -0.2) is 9.97 Å². The number of hydrazine groups is 1. The number of nitrogens with zero attached hydrogens (tertiary/aromatic N) is 2. The van der Waals surface area contributed by atoms with Crippen molar-refractivity contribution in [2.45, 2.75) is 0 Å². The summed E-state index contributed by atoms with van der Waals surface area (Å²) in [4.78, 5) is 19.8. The minimum absolute atomic E-state index is 0.0222. The maximum Gasteiger partial charge on any atom is 0.273 e. The van der Waals surface area contributed by atoms with Gasteiger partial charge in [-0.1, -0.05) is 27.5 Å². The van der Waals surface area contributed by atoms with Crippen LogP contribution < -0.4 is 10.9 Å². The largest absolute Gasteiger partial charge is 0.506 e. The lowest BCUT2D eigenvalue weighted by atomic mass is 10.2. The van der Waals surface area contributed by atoms with Crippen molar-refractivity contribution in [2.75, 3.05) is 5.43 Å². The van der Waals surface area contributed by atoms with Crippen molar-refractivity contribution in [3.05, 3.63) is 44.1 Å². The van der Waals surface area contributed by atoms with Gasteiger partial charge in [-0.15, -0.1) is 0 Å². The lowest BCUT2D eigenvalue weighted by Gasteiger charge is -2.09. The Hall–Kier alpha value is -1.38. The van der Waals surface area contributed by atoms with E-state index in [2.05, 4.69) is 52.7 Å². The average molecular weight is 422 g/mol. The first-order valence-electron chi connectivity index (χ1n) is 5.19. The lowest BCUT2D eigenvalue weighted by molar-refractivity contribution is 0.0959. The second kappa shape index (κ2) is 6.38. The number of halogens is 3. The third-order valence-corrected chi connectivity index (χ3v) is 3.34. The van der Waals surface area contributed by atoms with Crippen LogP contribution in [0.15, 0.2) is 33.5 Å². The van der Waals surface area contributed by atoms with Crippen LogP contribution in [0.4, 0.5) is 5.95 Å². The zero-order chi connectivity index (χ0) is 14.7. The number of hydrogen-bond donors (Lipinski definition) is 3. The molecule has 1 amide bonds. The van der Waals surface area contributed by atoms with Gasteiger partial charge in [0.2, 0.25) is 5.95 Å². The number of carbonyl (C=O) groups is 1. The maximum absolute atomic E-state index is 11.9. The second-order valence-corrected chi connectivity index (χ2v) is 5.83. The molecule has 0 unspecified atom stereocenters. The molecule has 0 saturated heterocycles. The number of amides is 1. The number of rotatable bonds is 3. The molecule has 0 bridgehead atoms. The zero-order valence-corrected chi connectivity index (χ0v) is 13.6. The van der Waals surface area contributed by atoms with Gasteiger partial charge in [0, 0.05) is 16.9 Å². The predicted molar refractivity (Wildman–Crippen MR) is 81.6 cm³/mol. The van der Waals surface area contributed by atoms with Gasteiger partial charge in [0.15, 0.2) is 0 Å². The molecular weight excluding hydrogens is 415 g/mol. The van der Waals surface area contributed by atoms with E-state index in [4.69, 9.17) is 11.6 Å². The fourth-order valence-corrected chi connectivity index (χ4v) is 2.31. The zero-order valence-electron chi connectivity index (χ0n) is 9.69. The van der Waals surface area contributed by atoms with Crippen molar-refractivity contribution in [2.24, 2.45) is 0 Å². The van der Waals surface area contributed by atoms with Crippen molar-refractivity contribution >= 4 is 55.3 Å². The first-order valence-corrected chi connectivity index (χ1v) is 7.15. The minimum atomic E-state index is -0.572. The van der Waals surface area contributed by atoms with Crippen molar-refractivity contribution in [3.63, 3.8) is 0 Å². The Bertz CT molecular complexity index is 652. The summed E-state index contributed by atoms with van der Waals surface area (Å²) in [6, 6.07) is 2.93. The van der Waals surface area contributed by atoms with Gasteiger partial charge < -0.3 is 5.11 Å². The number of phenolic OH excluding ortho intramolecular Hbond substituents is 1. The molecule has 0 spiro atoms. The molecule has 0 saturated carbocycles. The van der Waals surface area contributed by atoms with Crippen molar-refractivity contribution in [1.29, 1.82) is 0 Å². The first-order chi connectivity index (χ1) is 9.47. The average Bonchev–Trinajstić information content (AvgIpc) is 2.42. The van der Waals surface area contributed by atoms with Gasteiger partial charge in [0.05, 0.1) is 15.1 Å². The molecule has 6 nitrogen and oxygen atoms in total. The quantitative estimate of drug-likeness (QED) is 0.662. The van der Waals surface area contributed by atoms with E-state index in [1.807, 2.05) is 0 Å². The number of phenols is 1. The Morgan fingerprint density at radius 1 is 1.20 bits per heavy atom. The van der Waals surface area contributed by atoms with Crippen LogP contribution in [-0.2, 0) is 0 Å². The van der Waals surface area contributed by atoms with E-state index in [0.29, 0.717) is 8.95 Å². The number of aromatic hydroxyl groups is 1. The Balaban J connectivity index is 2.11. The summed E-state index contributed by atoms with van der Waals surface area (Å²) < 4.78 is 1.29. The molecule has 0 aliphatic rings. The highest BCUT2D eigenvalue weighted by Gasteiger charge is 2.15. The van der Waals surface area contributed by atoms with Crippen LogP contribution in [0.1, 0.15) is 10.4 Å². The van der Waals surface area contributed by atoms with Crippen molar-refractivity contribution in [1.82, 2.24) is 15.4 Å². The van der Waals surface area contributed by atoms with Crippen molar-refractivity contribution in [3.8, 4) is 5.75 Å². The third kappa shape index (κ3) is 3.59. The van der Waals surface area contributed by atoms with Gasteiger partial charge >= 0.3 is 0 Å². The number of nitrogens with one attached hydrogen (secondary N) is 2. The Morgan fingerprint density at radius 3 is 2.50 bits per heavy atom. The molecular formula is C11H7Br2ClN4O2. The van der Waals surface area contributed by atoms with Crippen LogP contribution in [0.3, 0.4) is 0 Å². The topological polar surface area (TPSA) is 87.1 Å². The standard InChI is InChI=1S/C11H7Br2ClN4O2/c12-5-1-7(9(19)8(14)2-5)10(20)17-18-11-15-3-6(13)4-16-11/h1-4,19H,(H,17,20)(H,15,16,18). The number of anilines is 1. The molecule has 0 aliphatic carbocycles. The van der Waals surface area contributed by atoms with Crippen LogP contribution in [0.2, 0.25) is 5.02 Å². The first kappa shape index (κ1) is 15.0. The molecule has 0 aliphatic heterocycles. The summed E-state index contributed by atoms with van der Waals surface area (Å²) in [5, 5.41) is 9.82. The minimum Gasteiger partial charge on any atom is -0.506 e. The number of hydrogen-bond acceptors (Lipinski definition) is 5. The maximum atomic E-state index is 11.9. The number of carbonyl (C=O) groups excluding carboxylic acids is 1. The molecule has 1 heterocycles. The number of benzene rings is 1. The Labute approximate surface area is 135 Å². The molecule has 9 heteroatoms. The van der Waals surface area contributed by atoms with Crippen LogP contribution in [0.5, 0.6) is 5.75 Å². The summed E-state index contributed by atoms with van der Waals surface area (Å²) in [5.74, 6) is -0.662. The molecule has 2 aromatic rings. The normalized spacial score (nSPS) is 10.2. The highest BCUT2D eigenvalue weighted by Crippen LogP contribution is 2.31. The fraction of sp³-hybridized carbons (Fsp3) is 0. The van der Waals surface area contributed by atoms with E-state index in [-0.39, 0.29) is 22.3 Å². The third-order valence-electron chi connectivity index (χ3n) is 2.18. The van der Waals surface area contributed by atoms with E-state index in [1.54, 1.807) is 0 Å². The highest BCUT2D eigenvalue weighted by atomic mass is 79.9. The van der Waals surface area contributed by atoms with Gasteiger partial charge in [-0.05, 0) is 28.1 Å². The van der Waals surface area contributed by atoms with Gasteiger partial charge in [-0.3, -0.25) is 15.6 Å². The van der Waals surface area contributed by atoms with Gasteiger partial charge in [-0.2, -0.15) is 0 Å². The summed E-state index contributed by atoms with van der Waals surface area (Å²) in [6.07, 6.45) is 3.05. The second-order valence-electron chi connectivity index (χ2n) is 3.59. The molecule has 0 atom stereocenters. The summed E-state index contributed by atoms with van der Waals surface area (Å²) in [7, 11) is 0. The van der Waals surface area contributed by atoms with Crippen LogP contribution >= 0.6 is 43.5 Å². The Morgan fingerprint density at radius 2 is 1.85 bits per heavy atom. The molecule has 1 aromatic heterocycles. The fourth-order valence-electron chi connectivity index (χ4n) is 1.30. The molecule has 2 rings (SSSR count). The van der Waals surface area contributed by atoms with E-state index >= 15 is 0 Å². The van der Waals surface area contributed by atoms with Crippen LogP contribution in [0, 0.1) is 0 Å². The highest BCUT2D eigenvalue weighted by molar-refractivity contribution is 9.10. The van der Waals surface area contributed by atoms with Gasteiger partial charge in [0.25, 0.3) is 5.91 Å². The predicted octanol–water partition coefficient (Wildman–Crippen LogP) is 3.12. The summed E-state index contributed by atoms with van der Waals surface area (Å²) in [6.45, 7) is 0. The van der Waals surface area contributed by atoms with E-state index in [1.165, 1.54) is 24.5 Å². The van der Waals surface area contributed by atoms with Crippen LogP contribution in [0.25, 0.3) is 0 Å². The lowest BCUT2D eigenvalue weighted by Crippen LogP contribution is -2.30. The SMILES string of the molecule is O=C(NNc1ncc(Br)cn1)c1cc(Br)cc(Cl)c1O. The molecule has 1 aromatic carbocycles. The molecule has 0 radical (unpaired) electrons.